The van der Waals surface area contributed by atoms with E-state index in [2.05, 4.69) is 5.32 Å². The number of rotatable bonds is 5. The van der Waals surface area contributed by atoms with Crippen LogP contribution in [0, 0.1) is 0 Å². The van der Waals surface area contributed by atoms with E-state index in [0.717, 1.165) is 0 Å². The molecular weight excluding hydrogens is 306 g/mol. The van der Waals surface area contributed by atoms with Crippen molar-refractivity contribution in [2.75, 3.05) is 6.61 Å². The van der Waals surface area contributed by atoms with Gasteiger partial charge in [0.15, 0.2) is 0 Å². The van der Waals surface area contributed by atoms with Crippen molar-refractivity contribution in [2.45, 2.75) is 44.1 Å². The van der Waals surface area contributed by atoms with Gasteiger partial charge in [0.25, 0.3) is 0 Å². The predicted molar refractivity (Wildman–Crippen MR) is 78.4 cm³/mol. The fourth-order valence-electron chi connectivity index (χ4n) is 2.39. The van der Waals surface area contributed by atoms with E-state index >= 15 is 0 Å². The summed E-state index contributed by atoms with van der Waals surface area (Å²) >= 11 is 0. The molecule has 0 aliphatic carbocycles. The highest BCUT2D eigenvalue weighted by Gasteiger charge is 2.43. The summed E-state index contributed by atoms with van der Waals surface area (Å²) in [5.41, 5.74) is 0.652. The van der Waals surface area contributed by atoms with E-state index in [-0.39, 0.29) is 6.54 Å². The SMILES string of the molecule is CC(=O)Oc1ccccc1CNC1O[C@H](CO)[C@@H](O)[C@H](O)[C@H]1O. The highest BCUT2D eigenvalue weighted by atomic mass is 16.6. The third-order valence-electron chi connectivity index (χ3n) is 3.61. The largest absolute Gasteiger partial charge is 0.426 e. The number of benzene rings is 1. The molecule has 1 saturated heterocycles. The van der Waals surface area contributed by atoms with Crippen LogP contribution in [-0.4, -0.2) is 63.6 Å². The fraction of sp³-hybridized carbons (Fsp3) is 0.533. The highest BCUT2D eigenvalue weighted by molar-refractivity contribution is 5.69. The van der Waals surface area contributed by atoms with Crippen molar-refractivity contribution in [3.05, 3.63) is 29.8 Å². The van der Waals surface area contributed by atoms with Gasteiger partial charge in [-0.1, -0.05) is 18.2 Å². The van der Waals surface area contributed by atoms with Gasteiger partial charge < -0.3 is 29.9 Å². The Morgan fingerprint density at radius 3 is 2.57 bits per heavy atom. The van der Waals surface area contributed by atoms with Crippen molar-refractivity contribution in [1.29, 1.82) is 0 Å². The van der Waals surface area contributed by atoms with Crippen LogP contribution < -0.4 is 10.1 Å². The average Bonchev–Trinajstić information content (AvgIpc) is 2.53. The van der Waals surface area contributed by atoms with Crippen molar-refractivity contribution in [3.63, 3.8) is 0 Å². The van der Waals surface area contributed by atoms with E-state index in [0.29, 0.717) is 11.3 Å². The lowest BCUT2D eigenvalue weighted by Crippen LogP contribution is -2.62. The fourth-order valence-corrected chi connectivity index (χ4v) is 2.39. The maximum absolute atomic E-state index is 11.1. The Kier molecular flexibility index (Phi) is 6.05. The lowest BCUT2D eigenvalue weighted by Gasteiger charge is -2.40. The second-order valence-corrected chi connectivity index (χ2v) is 5.33. The first-order valence-corrected chi connectivity index (χ1v) is 7.24. The van der Waals surface area contributed by atoms with Gasteiger partial charge in [-0.15, -0.1) is 0 Å². The minimum atomic E-state index is -1.44. The first-order chi connectivity index (χ1) is 10.9. The zero-order valence-electron chi connectivity index (χ0n) is 12.6. The van der Waals surface area contributed by atoms with Crippen molar-refractivity contribution >= 4 is 5.97 Å². The molecule has 0 bridgehead atoms. The summed E-state index contributed by atoms with van der Waals surface area (Å²) in [6.45, 7) is 0.987. The van der Waals surface area contributed by atoms with Gasteiger partial charge in [-0.2, -0.15) is 0 Å². The minimum Gasteiger partial charge on any atom is -0.426 e. The van der Waals surface area contributed by atoms with E-state index in [9.17, 15) is 20.1 Å². The van der Waals surface area contributed by atoms with Gasteiger partial charge >= 0.3 is 5.97 Å². The van der Waals surface area contributed by atoms with Crippen LogP contribution in [0.15, 0.2) is 24.3 Å². The molecule has 1 unspecified atom stereocenters. The molecule has 1 heterocycles. The molecular formula is C15H21NO7. The summed E-state index contributed by atoms with van der Waals surface area (Å²) in [5.74, 6) is -0.0811. The zero-order valence-corrected chi connectivity index (χ0v) is 12.6. The Morgan fingerprint density at radius 1 is 1.22 bits per heavy atom. The van der Waals surface area contributed by atoms with E-state index < -0.39 is 43.2 Å². The van der Waals surface area contributed by atoms with Gasteiger partial charge in [-0.3, -0.25) is 10.1 Å². The minimum absolute atomic E-state index is 0.187. The van der Waals surface area contributed by atoms with Gasteiger partial charge in [0.1, 0.15) is 36.4 Å². The summed E-state index contributed by atoms with van der Waals surface area (Å²) in [7, 11) is 0. The maximum atomic E-state index is 11.1. The van der Waals surface area contributed by atoms with Gasteiger partial charge in [0.05, 0.1) is 6.61 Å². The summed E-state index contributed by atoms with van der Waals surface area (Å²) in [4.78, 5) is 11.1. The summed E-state index contributed by atoms with van der Waals surface area (Å²) < 4.78 is 10.4. The molecule has 1 fully saturated rings. The Balaban J connectivity index is 2.04. The second-order valence-electron chi connectivity index (χ2n) is 5.33. The van der Waals surface area contributed by atoms with E-state index in [1.165, 1.54) is 6.92 Å². The normalized spacial score (nSPS) is 30.9. The van der Waals surface area contributed by atoms with Crippen LogP contribution in [0.4, 0.5) is 0 Å². The predicted octanol–water partition coefficient (Wildman–Crippen LogP) is -1.50. The molecule has 0 aromatic heterocycles. The van der Waals surface area contributed by atoms with Crippen LogP contribution >= 0.6 is 0 Å². The number of esters is 1. The van der Waals surface area contributed by atoms with Crippen LogP contribution in [-0.2, 0) is 16.1 Å². The first kappa shape index (κ1) is 17.8. The molecule has 5 atom stereocenters. The van der Waals surface area contributed by atoms with Gasteiger partial charge in [-0.25, -0.2) is 0 Å². The number of hydrogen-bond acceptors (Lipinski definition) is 8. The Hall–Kier alpha value is -1.55. The molecule has 8 nitrogen and oxygen atoms in total. The van der Waals surface area contributed by atoms with Crippen molar-refractivity contribution in [1.82, 2.24) is 5.32 Å². The zero-order chi connectivity index (χ0) is 17.0. The Morgan fingerprint density at radius 2 is 1.91 bits per heavy atom. The number of para-hydroxylation sites is 1. The van der Waals surface area contributed by atoms with Crippen LogP contribution in [0.1, 0.15) is 12.5 Å². The molecule has 128 valence electrons. The lowest BCUT2D eigenvalue weighted by molar-refractivity contribution is -0.236. The summed E-state index contributed by atoms with van der Waals surface area (Å²) in [5, 5.41) is 41.4. The monoisotopic (exact) mass is 327 g/mol. The highest BCUT2D eigenvalue weighted by Crippen LogP contribution is 2.22. The average molecular weight is 327 g/mol. The Bertz CT molecular complexity index is 536. The standard InChI is InChI=1S/C15H21NO7/c1-8(18)22-10-5-3-2-4-9(10)6-16-15-14(21)13(20)12(19)11(7-17)23-15/h2-5,11-17,19-21H,6-7H2,1H3/t11-,12-,13+,14-,15?/m1/s1. The first-order valence-electron chi connectivity index (χ1n) is 7.24. The molecule has 0 spiro atoms. The van der Waals surface area contributed by atoms with E-state index in [4.69, 9.17) is 14.6 Å². The molecule has 1 aromatic rings. The summed E-state index contributed by atoms with van der Waals surface area (Å²) in [6, 6.07) is 6.84. The number of carbonyl (C=O) groups excluding carboxylic acids is 1. The van der Waals surface area contributed by atoms with Crippen molar-refractivity contribution in [2.24, 2.45) is 0 Å². The molecule has 1 aliphatic rings. The number of aliphatic hydroxyl groups excluding tert-OH is 4. The van der Waals surface area contributed by atoms with Gasteiger partial charge in [0, 0.05) is 19.0 Å². The molecule has 8 heteroatoms. The van der Waals surface area contributed by atoms with Crippen molar-refractivity contribution in [3.8, 4) is 5.75 Å². The lowest BCUT2D eigenvalue weighted by atomic mass is 9.98. The topological polar surface area (TPSA) is 128 Å². The van der Waals surface area contributed by atoms with Crippen molar-refractivity contribution < 1.29 is 34.7 Å². The molecule has 0 radical (unpaired) electrons. The van der Waals surface area contributed by atoms with Crippen LogP contribution in [0.25, 0.3) is 0 Å². The number of nitrogens with one attached hydrogen (secondary N) is 1. The number of aliphatic hydroxyl groups is 4. The third kappa shape index (κ3) is 4.25. The quantitative estimate of drug-likeness (QED) is 0.326. The molecule has 2 rings (SSSR count). The molecule has 5 N–H and O–H groups in total. The number of carbonyl (C=O) groups is 1. The third-order valence-corrected chi connectivity index (χ3v) is 3.61. The van der Waals surface area contributed by atoms with Crippen LogP contribution in [0.2, 0.25) is 0 Å². The van der Waals surface area contributed by atoms with E-state index in [1.54, 1.807) is 24.3 Å². The molecule has 1 aliphatic heterocycles. The molecule has 23 heavy (non-hydrogen) atoms. The summed E-state index contributed by atoms with van der Waals surface area (Å²) in [6.07, 6.45) is -6.18. The molecule has 0 amide bonds. The van der Waals surface area contributed by atoms with Gasteiger partial charge in [-0.05, 0) is 6.07 Å². The van der Waals surface area contributed by atoms with Gasteiger partial charge in [0.2, 0.25) is 0 Å². The van der Waals surface area contributed by atoms with E-state index in [1.807, 2.05) is 0 Å². The number of ether oxygens (including phenoxy) is 2. The maximum Gasteiger partial charge on any atom is 0.308 e. The van der Waals surface area contributed by atoms with Crippen LogP contribution in [0.5, 0.6) is 5.75 Å². The Labute approximate surface area is 133 Å². The van der Waals surface area contributed by atoms with Crippen LogP contribution in [0.3, 0.4) is 0 Å². The molecule has 0 saturated carbocycles. The molecule has 1 aromatic carbocycles. The second kappa shape index (κ2) is 7.82. The smallest absolute Gasteiger partial charge is 0.308 e. The number of hydrogen-bond donors (Lipinski definition) is 5.